The summed E-state index contributed by atoms with van der Waals surface area (Å²) in [5, 5.41) is 3.61. The van der Waals surface area contributed by atoms with Crippen molar-refractivity contribution in [2.45, 2.75) is 56.8 Å². The number of ether oxygens (including phenoxy) is 1. The van der Waals surface area contributed by atoms with Crippen LogP contribution in [0.5, 0.6) is 0 Å². The minimum absolute atomic E-state index is 0.226. The molecular formula is C25H31ClN2O3S. The number of nitrogens with one attached hydrogen (secondary N) is 2. The van der Waals surface area contributed by atoms with Gasteiger partial charge in [0.2, 0.25) is 0 Å². The molecule has 1 amide bonds. The molecule has 3 rings (SSSR count). The minimum atomic E-state index is -1.17. The first-order valence-electron chi connectivity index (χ1n) is 10.8. The van der Waals surface area contributed by atoms with Gasteiger partial charge in [-0.25, -0.2) is 9.00 Å². The van der Waals surface area contributed by atoms with Gasteiger partial charge in [-0.1, -0.05) is 60.1 Å². The molecule has 172 valence electrons. The largest absolute Gasteiger partial charge is 0.445 e. The Bertz CT molecular complexity index is 988. The second-order valence-corrected chi connectivity index (χ2v) is 11.5. The van der Waals surface area contributed by atoms with Crippen LogP contribution in [0.2, 0.25) is 5.02 Å². The van der Waals surface area contributed by atoms with E-state index in [1.54, 1.807) is 0 Å². The van der Waals surface area contributed by atoms with E-state index in [1.165, 1.54) is 0 Å². The van der Waals surface area contributed by atoms with Gasteiger partial charge < -0.3 is 14.8 Å². The molecule has 0 radical (unpaired) electrons. The number of benzene rings is 2. The lowest BCUT2D eigenvalue weighted by molar-refractivity contribution is 0.136. The number of carbonyl (C=O) groups excluding carboxylic acids is 1. The van der Waals surface area contributed by atoms with Crippen LogP contribution in [-0.2, 0) is 27.7 Å². The molecule has 2 aromatic carbocycles. The number of amides is 1. The van der Waals surface area contributed by atoms with Gasteiger partial charge in [-0.3, -0.25) is 0 Å². The Hall–Kier alpha value is -2.31. The Labute approximate surface area is 198 Å². The number of rotatable bonds is 7. The normalized spacial score (nSPS) is 19.6. The summed E-state index contributed by atoms with van der Waals surface area (Å²) < 4.78 is 20.7. The molecule has 0 fully saturated rings. The van der Waals surface area contributed by atoms with Gasteiger partial charge in [0.15, 0.2) is 0 Å². The van der Waals surface area contributed by atoms with Gasteiger partial charge in [-0.2, -0.15) is 0 Å². The SMILES string of the molecule is CC(C)(C)S(=O)NC1=CCC(CNC(=O)OCc2ccccc2)(c2cccc(Cl)c2)CC1. The Kier molecular flexibility index (Phi) is 8.01. The third kappa shape index (κ3) is 6.59. The molecule has 0 heterocycles. The fraction of sp³-hybridized carbons (Fsp3) is 0.400. The molecule has 2 aromatic rings. The molecule has 2 atom stereocenters. The van der Waals surface area contributed by atoms with Gasteiger partial charge in [-0.05, 0) is 63.3 Å². The Morgan fingerprint density at radius 1 is 1.16 bits per heavy atom. The molecule has 32 heavy (non-hydrogen) atoms. The van der Waals surface area contributed by atoms with E-state index in [0.717, 1.165) is 29.7 Å². The standard InChI is InChI=1S/C25H31ClN2O3S/c1-24(2,3)32(30)28-22-12-14-25(15-13-22,20-10-7-11-21(26)16-20)18-27-23(29)31-17-19-8-5-4-6-9-19/h4-12,16,28H,13-15,17-18H2,1-3H3,(H,27,29). The van der Waals surface area contributed by atoms with Crippen LogP contribution in [0, 0.1) is 0 Å². The van der Waals surface area contributed by atoms with Crippen molar-refractivity contribution in [3.63, 3.8) is 0 Å². The van der Waals surface area contributed by atoms with Crippen molar-refractivity contribution in [3.8, 4) is 0 Å². The van der Waals surface area contributed by atoms with Crippen molar-refractivity contribution < 1.29 is 13.7 Å². The summed E-state index contributed by atoms with van der Waals surface area (Å²) in [4.78, 5) is 12.4. The second-order valence-electron chi connectivity index (χ2n) is 9.12. The molecule has 0 aliphatic heterocycles. The topological polar surface area (TPSA) is 67.4 Å². The molecule has 0 saturated heterocycles. The maximum absolute atomic E-state index is 12.5. The van der Waals surface area contributed by atoms with Crippen molar-refractivity contribution in [1.29, 1.82) is 0 Å². The summed E-state index contributed by atoms with van der Waals surface area (Å²) in [5.74, 6) is 0. The predicted molar refractivity (Wildman–Crippen MR) is 131 cm³/mol. The van der Waals surface area contributed by atoms with E-state index in [2.05, 4.69) is 16.1 Å². The van der Waals surface area contributed by atoms with E-state index in [0.29, 0.717) is 18.0 Å². The molecule has 2 unspecified atom stereocenters. The van der Waals surface area contributed by atoms with Crippen LogP contribution in [0.3, 0.4) is 0 Å². The van der Waals surface area contributed by atoms with Crippen molar-refractivity contribution in [1.82, 2.24) is 10.0 Å². The molecule has 1 aliphatic rings. The van der Waals surface area contributed by atoms with E-state index < -0.39 is 17.1 Å². The van der Waals surface area contributed by atoms with E-state index in [-0.39, 0.29) is 16.8 Å². The number of allylic oxidation sites excluding steroid dienone is 2. The summed E-state index contributed by atoms with van der Waals surface area (Å²) in [5.41, 5.74) is 2.67. The maximum Gasteiger partial charge on any atom is 0.407 e. The van der Waals surface area contributed by atoms with Crippen molar-refractivity contribution in [2.24, 2.45) is 0 Å². The lowest BCUT2D eigenvalue weighted by atomic mass is 9.71. The summed E-state index contributed by atoms with van der Waals surface area (Å²) in [7, 11) is -1.17. The highest BCUT2D eigenvalue weighted by Crippen LogP contribution is 2.39. The Balaban J connectivity index is 1.69. The average molecular weight is 475 g/mol. The fourth-order valence-corrected chi connectivity index (χ4v) is 4.54. The number of hydrogen-bond acceptors (Lipinski definition) is 3. The van der Waals surface area contributed by atoms with Gasteiger partial charge in [0.1, 0.15) is 17.6 Å². The fourth-order valence-electron chi connectivity index (χ4n) is 3.62. The Morgan fingerprint density at radius 2 is 1.91 bits per heavy atom. The quantitative estimate of drug-likeness (QED) is 0.547. The number of halogens is 1. The van der Waals surface area contributed by atoms with Gasteiger partial charge >= 0.3 is 6.09 Å². The van der Waals surface area contributed by atoms with Gasteiger partial charge in [-0.15, -0.1) is 0 Å². The van der Waals surface area contributed by atoms with Gasteiger partial charge in [0.25, 0.3) is 0 Å². The molecule has 0 bridgehead atoms. The van der Waals surface area contributed by atoms with Crippen LogP contribution < -0.4 is 10.0 Å². The van der Waals surface area contributed by atoms with Crippen LogP contribution >= 0.6 is 11.6 Å². The first-order chi connectivity index (χ1) is 15.2. The van der Waals surface area contributed by atoms with Crippen LogP contribution in [0.25, 0.3) is 0 Å². The zero-order chi connectivity index (χ0) is 23.2. The summed E-state index contributed by atoms with van der Waals surface area (Å²) >= 11 is 6.27. The zero-order valence-corrected chi connectivity index (χ0v) is 20.4. The van der Waals surface area contributed by atoms with E-state index >= 15 is 0 Å². The van der Waals surface area contributed by atoms with Crippen molar-refractivity contribution in [3.05, 3.63) is 82.5 Å². The first kappa shape index (κ1) is 24.3. The van der Waals surface area contributed by atoms with Gasteiger partial charge in [0.05, 0.1) is 4.75 Å². The van der Waals surface area contributed by atoms with Gasteiger partial charge in [0, 0.05) is 22.7 Å². The monoisotopic (exact) mass is 474 g/mol. The number of carbonyl (C=O) groups is 1. The smallest absolute Gasteiger partial charge is 0.407 e. The maximum atomic E-state index is 12.5. The van der Waals surface area contributed by atoms with Crippen LogP contribution in [0.1, 0.15) is 51.2 Å². The van der Waals surface area contributed by atoms with Crippen LogP contribution in [0.15, 0.2) is 66.4 Å². The third-order valence-electron chi connectivity index (χ3n) is 5.61. The molecule has 7 heteroatoms. The molecule has 0 spiro atoms. The van der Waals surface area contributed by atoms with Crippen molar-refractivity contribution in [2.75, 3.05) is 6.54 Å². The summed E-state index contributed by atoms with van der Waals surface area (Å²) in [6, 6.07) is 17.4. The van der Waals surface area contributed by atoms with E-state index in [4.69, 9.17) is 16.3 Å². The molecule has 0 saturated carbocycles. The molecule has 1 aliphatic carbocycles. The highest BCUT2D eigenvalue weighted by Gasteiger charge is 2.35. The summed E-state index contributed by atoms with van der Waals surface area (Å²) in [6.45, 7) is 6.48. The van der Waals surface area contributed by atoms with Crippen LogP contribution in [-0.4, -0.2) is 21.6 Å². The lowest BCUT2D eigenvalue weighted by Gasteiger charge is -2.37. The zero-order valence-electron chi connectivity index (χ0n) is 18.8. The Morgan fingerprint density at radius 3 is 2.53 bits per heavy atom. The van der Waals surface area contributed by atoms with E-state index in [9.17, 15) is 9.00 Å². The van der Waals surface area contributed by atoms with Crippen molar-refractivity contribution >= 4 is 28.7 Å². The highest BCUT2D eigenvalue weighted by atomic mass is 35.5. The third-order valence-corrected chi connectivity index (χ3v) is 7.41. The first-order valence-corrected chi connectivity index (χ1v) is 12.3. The molecular weight excluding hydrogens is 444 g/mol. The lowest BCUT2D eigenvalue weighted by Crippen LogP contribution is -2.43. The second kappa shape index (κ2) is 10.5. The minimum Gasteiger partial charge on any atom is -0.445 e. The molecule has 2 N–H and O–H groups in total. The predicted octanol–water partition coefficient (Wildman–Crippen LogP) is 5.62. The molecule has 5 nitrogen and oxygen atoms in total. The average Bonchev–Trinajstić information content (AvgIpc) is 2.77. The van der Waals surface area contributed by atoms with Crippen LogP contribution in [0.4, 0.5) is 4.79 Å². The number of alkyl carbamates (subject to hydrolysis) is 1. The van der Waals surface area contributed by atoms with E-state index in [1.807, 2.05) is 75.4 Å². The molecule has 0 aromatic heterocycles. The number of hydrogen-bond donors (Lipinski definition) is 2. The summed E-state index contributed by atoms with van der Waals surface area (Å²) in [6.07, 6.45) is 3.85. The highest BCUT2D eigenvalue weighted by molar-refractivity contribution is 7.84.